The molecule has 2 rings (SSSR count). The van der Waals surface area contributed by atoms with Crippen molar-refractivity contribution in [1.82, 2.24) is 4.90 Å². The summed E-state index contributed by atoms with van der Waals surface area (Å²) >= 11 is 0. The van der Waals surface area contributed by atoms with E-state index >= 15 is 0 Å². The lowest BCUT2D eigenvalue weighted by molar-refractivity contribution is -0.120. The number of benzene rings is 2. The minimum Gasteiger partial charge on any atom is -0.497 e. The van der Waals surface area contributed by atoms with E-state index in [2.05, 4.69) is 25.2 Å². The van der Waals surface area contributed by atoms with Crippen molar-refractivity contribution in [1.29, 1.82) is 0 Å². The van der Waals surface area contributed by atoms with Gasteiger partial charge in [-0.25, -0.2) is 0 Å². The zero-order chi connectivity index (χ0) is 19.1. The molecule has 0 radical (unpaired) electrons. The van der Waals surface area contributed by atoms with Gasteiger partial charge < -0.3 is 10.1 Å². The van der Waals surface area contributed by atoms with Gasteiger partial charge in [-0.2, -0.15) is 0 Å². The van der Waals surface area contributed by atoms with Gasteiger partial charge in [0.1, 0.15) is 5.75 Å². The van der Waals surface area contributed by atoms with Crippen molar-refractivity contribution in [3.8, 4) is 5.75 Å². The van der Waals surface area contributed by atoms with Crippen LogP contribution in [0.1, 0.15) is 44.2 Å². The van der Waals surface area contributed by atoms with Gasteiger partial charge in [0.2, 0.25) is 5.91 Å². The average Bonchev–Trinajstić information content (AvgIpc) is 2.67. The number of rotatable bonds is 8. The Bertz CT molecular complexity index is 730. The summed E-state index contributed by atoms with van der Waals surface area (Å²) in [4.78, 5) is 14.8. The van der Waals surface area contributed by atoms with Gasteiger partial charge >= 0.3 is 0 Å². The van der Waals surface area contributed by atoms with E-state index < -0.39 is 0 Å². The van der Waals surface area contributed by atoms with Crippen LogP contribution in [0.3, 0.4) is 0 Å². The molecule has 0 spiro atoms. The summed E-state index contributed by atoms with van der Waals surface area (Å²) < 4.78 is 5.27. The Morgan fingerprint density at radius 1 is 1.15 bits per heavy atom. The molecule has 0 aliphatic carbocycles. The zero-order valence-electron chi connectivity index (χ0n) is 16.5. The van der Waals surface area contributed by atoms with Gasteiger partial charge in [-0.05, 0) is 55.6 Å². The highest BCUT2D eigenvalue weighted by Crippen LogP contribution is 2.26. The van der Waals surface area contributed by atoms with Gasteiger partial charge in [0.25, 0.3) is 0 Å². The molecule has 2 atom stereocenters. The largest absolute Gasteiger partial charge is 0.497 e. The number of carbonyl (C=O) groups excluding carboxylic acids is 1. The van der Waals surface area contributed by atoms with Crippen molar-refractivity contribution in [2.45, 2.75) is 45.7 Å². The Morgan fingerprint density at radius 3 is 2.58 bits per heavy atom. The first-order chi connectivity index (χ1) is 12.5. The predicted molar refractivity (Wildman–Crippen MR) is 108 cm³/mol. The minimum atomic E-state index is -0.244. The maximum atomic E-state index is 12.8. The molecule has 0 unspecified atom stereocenters. The third kappa shape index (κ3) is 5.09. The lowest BCUT2D eigenvalue weighted by Gasteiger charge is -2.25. The maximum absolute atomic E-state index is 12.8. The number of hydrogen-bond acceptors (Lipinski definition) is 3. The van der Waals surface area contributed by atoms with Crippen molar-refractivity contribution in [3.63, 3.8) is 0 Å². The summed E-state index contributed by atoms with van der Waals surface area (Å²) in [7, 11) is 3.62. The maximum Gasteiger partial charge on any atom is 0.241 e. The smallest absolute Gasteiger partial charge is 0.241 e. The van der Waals surface area contributed by atoms with Crippen LogP contribution in [0.2, 0.25) is 0 Å². The standard InChI is InChI=1S/C22H30N2O2/c1-6-16(2)20-12-7-8-13-21(20)23-22(25)17(3)24(4)15-18-10-9-11-19(14-18)26-5/h7-14,16-17H,6,15H2,1-5H3,(H,23,25)/t16-,17+/m0/s1. The first-order valence-corrected chi connectivity index (χ1v) is 9.19. The summed E-state index contributed by atoms with van der Waals surface area (Å²) in [6.45, 7) is 6.96. The second-order valence-corrected chi connectivity index (χ2v) is 6.83. The van der Waals surface area contributed by atoms with E-state index in [-0.39, 0.29) is 11.9 Å². The highest BCUT2D eigenvalue weighted by molar-refractivity contribution is 5.95. The van der Waals surface area contributed by atoms with Crippen LogP contribution in [-0.2, 0) is 11.3 Å². The Hall–Kier alpha value is -2.33. The molecule has 0 aromatic heterocycles. The average molecular weight is 354 g/mol. The van der Waals surface area contributed by atoms with Crippen LogP contribution in [0.15, 0.2) is 48.5 Å². The molecule has 0 saturated carbocycles. The third-order valence-corrected chi connectivity index (χ3v) is 4.97. The number of nitrogens with one attached hydrogen (secondary N) is 1. The zero-order valence-corrected chi connectivity index (χ0v) is 16.5. The first kappa shape index (κ1) is 20.0. The summed E-state index contributed by atoms with van der Waals surface area (Å²) in [5.41, 5.74) is 3.21. The van der Waals surface area contributed by atoms with Crippen molar-refractivity contribution >= 4 is 11.6 Å². The predicted octanol–water partition coefficient (Wildman–Crippen LogP) is 4.67. The number of nitrogens with zero attached hydrogens (tertiary/aromatic N) is 1. The summed E-state index contributed by atoms with van der Waals surface area (Å²) in [5, 5.41) is 3.11. The Morgan fingerprint density at radius 2 is 1.88 bits per heavy atom. The van der Waals surface area contributed by atoms with E-state index in [4.69, 9.17) is 4.74 Å². The second kappa shape index (κ2) is 9.39. The third-order valence-electron chi connectivity index (χ3n) is 4.97. The second-order valence-electron chi connectivity index (χ2n) is 6.83. The molecule has 0 aliphatic rings. The molecule has 2 aromatic rings. The number of para-hydroxylation sites is 1. The Balaban J connectivity index is 2.05. The SMILES string of the molecule is CC[C@H](C)c1ccccc1NC(=O)[C@@H](C)N(C)Cc1cccc(OC)c1. The van der Waals surface area contributed by atoms with Crippen LogP contribution in [-0.4, -0.2) is 31.0 Å². The van der Waals surface area contributed by atoms with Gasteiger partial charge in [-0.1, -0.05) is 44.2 Å². The van der Waals surface area contributed by atoms with Gasteiger partial charge in [0.05, 0.1) is 13.2 Å². The normalized spacial score (nSPS) is 13.3. The number of ether oxygens (including phenoxy) is 1. The molecule has 0 aliphatic heterocycles. The van der Waals surface area contributed by atoms with Crippen LogP contribution in [0.5, 0.6) is 5.75 Å². The van der Waals surface area contributed by atoms with Crippen LogP contribution in [0.4, 0.5) is 5.69 Å². The van der Waals surface area contributed by atoms with E-state index in [0.29, 0.717) is 12.5 Å². The van der Waals surface area contributed by atoms with E-state index in [9.17, 15) is 4.79 Å². The number of hydrogen-bond donors (Lipinski definition) is 1. The fourth-order valence-electron chi connectivity index (χ4n) is 2.89. The molecule has 1 N–H and O–H groups in total. The quantitative estimate of drug-likeness (QED) is 0.749. The lowest BCUT2D eigenvalue weighted by atomic mass is 9.97. The fourth-order valence-corrected chi connectivity index (χ4v) is 2.89. The Kier molecular flexibility index (Phi) is 7.22. The van der Waals surface area contributed by atoms with Crippen LogP contribution < -0.4 is 10.1 Å². The molecule has 0 saturated heterocycles. The molecule has 4 heteroatoms. The molecule has 4 nitrogen and oxygen atoms in total. The number of likely N-dealkylation sites (N-methyl/N-ethyl adjacent to an activating group) is 1. The van der Waals surface area contributed by atoms with E-state index in [1.54, 1.807) is 7.11 Å². The van der Waals surface area contributed by atoms with E-state index in [0.717, 1.165) is 23.4 Å². The Labute approximate surface area is 157 Å². The van der Waals surface area contributed by atoms with Crippen molar-refractivity contribution in [2.75, 3.05) is 19.5 Å². The molecular weight excluding hydrogens is 324 g/mol. The highest BCUT2D eigenvalue weighted by atomic mass is 16.5. The van der Waals surface area contributed by atoms with Crippen molar-refractivity contribution < 1.29 is 9.53 Å². The topological polar surface area (TPSA) is 41.6 Å². The number of methoxy groups -OCH3 is 1. The lowest BCUT2D eigenvalue weighted by Crippen LogP contribution is -2.39. The van der Waals surface area contributed by atoms with Gasteiger partial charge in [-0.15, -0.1) is 0 Å². The van der Waals surface area contributed by atoms with Gasteiger partial charge in [-0.3, -0.25) is 9.69 Å². The van der Waals surface area contributed by atoms with Crippen molar-refractivity contribution in [3.05, 3.63) is 59.7 Å². The van der Waals surface area contributed by atoms with Crippen molar-refractivity contribution in [2.24, 2.45) is 0 Å². The van der Waals surface area contributed by atoms with Gasteiger partial charge in [0, 0.05) is 12.2 Å². The monoisotopic (exact) mass is 354 g/mol. The van der Waals surface area contributed by atoms with E-state index in [1.165, 1.54) is 5.56 Å². The summed E-state index contributed by atoms with van der Waals surface area (Å²) in [5.74, 6) is 1.25. The molecule has 140 valence electrons. The first-order valence-electron chi connectivity index (χ1n) is 9.19. The van der Waals surface area contributed by atoms with Crippen LogP contribution in [0, 0.1) is 0 Å². The molecule has 26 heavy (non-hydrogen) atoms. The molecule has 1 amide bonds. The van der Waals surface area contributed by atoms with Gasteiger partial charge in [0.15, 0.2) is 0 Å². The number of anilines is 1. The minimum absolute atomic E-state index is 0.00569. The highest BCUT2D eigenvalue weighted by Gasteiger charge is 2.20. The van der Waals surface area contributed by atoms with E-state index in [1.807, 2.05) is 61.3 Å². The molecule has 0 fully saturated rings. The molecular formula is C22H30N2O2. The molecule has 2 aromatic carbocycles. The van der Waals surface area contributed by atoms with Crippen LogP contribution >= 0.6 is 0 Å². The summed E-state index contributed by atoms with van der Waals surface area (Å²) in [6, 6.07) is 15.7. The fraction of sp³-hybridized carbons (Fsp3) is 0.409. The van der Waals surface area contributed by atoms with Crippen LogP contribution in [0.25, 0.3) is 0 Å². The number of amides is 1. The number of carbonyl (C=O) groups is 1. The molecule has 0 heterocycles. The summed E-state index contributed by atoms with van der Waals surface area (Å²) in [6.07, 6.45) is 1.04. The molecule has 0 bridgehead atoms.